The highest BCUT2D eigenvalue weighted by Gasteiger charge is 2.33. The van der Waals surface area contributed by atoms with E-state index in [1.807, 2.05) is 26.8 Å². The molecule has 11 heteroatoms. The van der Waals surface area contributed by atoms with E-state index in [-0.39, 0.29) is 24.7 Å². The summed E-state index contributed by atoms with van der Waals surface area (Å²) in [7, 11) is 0. The van der Waals surface area contributed by atoms with E-state index in [4.69, 9.17) is 11.5 Å². The molecule has 200 valence electrons. The summed E-state index contributed by atoms with van der Waals surface area (Å²) in [6.07, 6.45) is 0.411. The van der Waals surface area contributed by atoms with Crippen LogP contribution in [0.1, 0.15) is 52.5 Å². The Hall–Kier alpha value is -3.47. The zero-order valence-corrected chi connectivity index (χ0v) is 21.3. The van der Waals surface area contributed by atoms with E-state index in [1.165, 1.54) is 0 Å². The van der Waals surface area contributed by atoms with Crippen molar-refractivity contribution < 1.29 is 29.1 Å². The van der Waals surface area contributed by atoms with Gasteiger partial charge in [0.15, 0.2) is 0 Å². The van der Waals surface area contributed by atoms with Gasteiger partial charge in [-0.1, -0.05) is 64.4 Å². The van der Waals surface area contributed by atoms with Crippen LogP contribution in [0.5, 0.6) is 0 Å². The SMILES string of the molecule is CCC(C)C(NC(=O)C(CC(N)=O)NC(=O)C(N)Cc1ccccc1)C(=O)NC(CC(C)C)C(=O)O. The minimum Gasteiger partial charge on any atom is -0.480 e. The summed E-state index contributed by atoms with van der Waals surface area (Å²) in [4.78, 5) is 61.9. The van der Waals surface area contributed by atoms with Gasteiger partial charge in [0.05, 0.1) is 12.5 Å². The molecule has 36 heavy (non-hydrogen) atoms. The summed E-state index contributed by atoms with van der Waals surface area (Å²) in [5, 5.41) is 17.0. The summed E-state index contributed by atoms with van der Waals surface area (Å²) in [5.74, 6) is -4.50. The smallest absolute Gasteiger partial charge is 0.326 e. The van der Waals surface area contributed by atoms with E-state index in [0.717, 1.165) is 5.56 Å². The molecule has 8 N–H and O–H groups in total. The van der Waals surface area contributed by atoms with E-state index in [1.54, 1.807) is 31.2 Å². The normalized spacial score (nSPS) is 15.2. The second kappa shape index (κ2) is 14.8. The number of primary amides is 1. The molecule has 0 aliphatic rings. The number of carboxylic acids is 1. The Balaban J connectivity index is 2.99. The first kappa shape index (κ1) is 30.6. The second-order valence-corrected chi connectivity index (χ2v) is 9.43. The van der Waals surface area contributed by atoms with Crippen molar-refractivity contribution in [3.05, 3.63) is 35.9 Å². The Morgan fingerprint density at radius 1 is 0.889 bits per heavy atom. The molecule has 5 unspecified atom stereocenters. The number of rotatable bonds is 15. The second-order valence-electron chi connectivity index (χ2n) is 9.43. The summed E-state index contributed by atoms with van der Waals surface area (Å²) in [5.41, 5.74) is 12.1. The average molecular weight is 506 g/mol. The van der Waals surface area contributed by atoms with Crippen LogP contribution in [-0.4, -0.2) is 58.9 Å². The molecule has 0 radical (unpaired) electrons. The first-order valence-electron chi connectivity index (χ1n) is 12.1. The fraction of sp³-hybridized carbons (Fsp3) is 0.560. The van der Waals surface area contributed by atoms with Gasteiger partial charge < -0.3 is 32.5 Å². The Labute approximate surface area is 211 Å². The van der Waals surface area contributed by atoms with Crippen LogP contribution in [-0.2, 0) is 30.4 Å². The van der Waals surface area contributed by atoms with Crippen molar-refractivity contribution in [2.45, 2.75) is 77.5 Å². The minimum absolute atomic E-state index is 0.0123. The Bertz CT molecular complexity index is 907. The molecule has 0 heterocycles. The Morgan fingerprint density at radius 2 is 1.47 bits per heavy atom. The molecule has 1 aromatic rings. The largest absolute Gasteiger partial charge is 0.480 e. The van der Waals surface area contributed by atoms with Gasteiger partial charge in [-0.2, -0.15) is 0 Å². The number of nitrogens with two attached hydrogens (primary N) is 2. The van der Waals surface area contributed by atoms with Crippen LogP contribution in [0, 0.1) is 11.8 Å². The molecular formula is C25H39N5O6. The lowest BCUT2D eigenvalue weighted by Crippen LogP contribution is -2.59. The van der Waals surface area contributed by atoms with Gasteiger partial charge in [-0.25, -0.2) is 4.79 Å². The van der Waals surface area contributed by atoms with Crippen LogP contribution in [0.15, 0.2) is 30.3 Å². The maximum Gasteiger partial charge on any atom is 0.326 e. The molecule has 0 aromatic heterocycles. The lowest BCUT2D eigenvalue weighted by atomic mass is 9.96. The topological polar surface area (TPSA) is 194 Å². The van der Waals surface area contributed by atoms with Crippen molar-refractivity contribution >= 4 is 29.6 Å². The molecule has 5 atom stereocenters. The zero-order valence-electron chi connectivity index (χ0n) is 21.3. The Kier molecular flexibility index (Phi) is 12.6. The third kappa shape index (κ3) is 10.4. The molecule has 0 aliphatic heterocycles. The Morgan fingerprint density at radius 3 is 1.97 bits per heavy atom. The quantitative estimate of drug-likeness (QED) is 0.194. The van der Waals surface area contributed by atoms with Crippen molar-refractivity contribution in [3.8, 4) is 0 Å². The molecule has 1 aromatic carbocycles. The van der Waals surface area contributed by atoms with Gasteiger partial charge in [-0.3, -0.25) is 19.2 Å². The molecule has 0 saturated heterocycles. The van der Waals surface area contributed by atoms with Crippen molar-refractivity contribution in [2.24, 2.45) is 23.3 Å². The predicted molar refractivity (Wildman–Crippen MR) is 134 cm³/mol. The molecule has 0 saturated carbocycles. The monoisotopic (exact) mass is 505 g/mol. The number of hydrogen-bond donors (Lipinski definition) is 6. The number of hydrogen-bond acceptors (Lipinski definition) is 6. The number of aliphatic carboxylic acids is 1. The first-order valence-corrected chi connectivity index (χ1v) is 12.1. The van der Waals surface area contributed by atoms with Crippen LogP contribution in [0.2, 0.25) is 0 Å². The van der Waals surface area contributed by atoms with E-state index in [2.05, 4.69) is 16.0 Å². The number of carbonyl (C=O) groups is 5. The van der Waals surface area contributed by atoms with Crippen LogP contribution < -0.4 is 27.4 Å². The van der Waals surface area contributed by atoms with Gasteiger partial charge in [-0.05, 0) is 30.2 Å². The zero-order chi connectivity index (χ0) is 27.4. The molecule has 0 aliphatic carbocycles. The maximum atomic E-state index is 13.1. The number of carbonyl (C=O) groups excluding carboxylic acids is 4. The van der Waals surface area contributed by atoms with E-state index in [0.29, 0.717) is 6.42 Å². The molecule has 1 rings (SSSR count). The molecule has 11 nitrogen and oxygen atoms in total. The van der Waals surface area contributed by atoms with Gasteiger partial charge in [0.2, 0.25) is 23.6 Å². The molecule has 0 bridgehead atoms. The van der Waals surface area contributed by atoms with Gasteiger partial charge in [0.1, 0.15) is 18.1 Å². The van der Waals surface area contributed by atoms with E-state index < -0.39 is 60.2 Å². The summed E-state index contributed by atoms with van der Waals surface area (Å²) in [6, 6.07) is 4.48. The standard InChI is InChI=1S/C25H39N5O6/c1-5-15(4)21(24(34)29-19(25(35)36)11-14(2)3)30-23(33)18(13-20(27)31)28-22(32)17(26)12-16-9-7-6-8-10-16/h6-10,14-15,17-19,21H,5,11-13,26H2,1-4H3,(H2,27,31)(H,28,32)(H,29,34)(H,30,33)(H,35,36). The number of nitrogens with one attached hydrogen (secondary N) is 3. The molecular weight excluding hydrogens is 466 g/mol. The van der Waals surface area contributed by atoms with Crippen molar-refractivity contribution in [2.75, 3.05) is 0 Å². The van der Waals surface area contributed by atoms with Crippen molar-refractivity contribution in [3.63, 3.8) is 0 Å². The maximum absolute atomic E-state index is 13.1. The fourth-order valence-electron chi connectivity index (χ4n) is 3.56. The fourth-order valence-corrected chi connectivity index (χ4v) is 3.56. The lowest BCUT2D eigenvalue weighted by Gasteiger charge is -2.28. The van der Waals surface area contributed by atoms with Crippen LogP contribution in [0.3, 0.4) is 0 Å². The summed E-state index contributed by atoms with van der Waals surface area (Å²) in [6.45, 7) is 7.19. The number of amides is 4. The number of benzene rings is 1. The van der Waals surface area contributed by atoms with Gasteiger partial charge in [0, 0.05) is 0 Å². The first-order chi connectivity index (χ1) is 16.8. The van der Waals surface area contributed by atoms with E-state index >= 15 is 0 Å². The summed E-state index contributed by atoms with van der Waals surface area (Å²) < 4.78 is 0. The van der Waals surface area contributed by atoms with Crippen LogP contribution in [0.25, 0.3) is 0 Å². The highest BCUT2D eigenvalue weighted by Crippen LogP contribution is 2.12. The third-order valence-corrected chi connectivity index (χ3v) is 5.79. The lowest BCUT2D eigenvalue weighted by molar-refractivity contribution is -0.143. The molecule has 0 fully saturated rings. The average Bonchev–Trinajstić information content (AvgIpc) is 2.80. The van der Waals surface area contributed by atoms with Gasteiger partial charge in [-0.15, -0.1) is 0 Å². The molecule has 4 amide bonds. The number of carboxylic acid groups (broad SMARTS) is 1. The minimum atomic E-state index is -1.36. The van der Waals surface area contributed by atoms with Crippen LogP contribution >= 0.6 is 0 Å². The van der Waals surface area contributed by atoms with Gasteiger partial charge in [0.25, 0.3) is 0 Å². The van der Waals surface area contributed by atoms with Gasteiger partial charge >= 0.3 is 5.97 Å². The van der Waals surface area contributed by atoms with E-state index in [9.17, 15) is 29.1 Å². The van der Waals surface area contributed by atoms with Crippen molar-refractivity contribution in [1.29, 1.82) is 0 Å². The third-order valence-electron chi connectivity index (χ3n) is 5.79. The highest BCUT2D eigenvalue weighted by atomic mass is 16.4. The van der Waals surface area contributed by atoms with Crippen LogP contribution in [0.4, 0.5) is 0 Å². The highest BCUT2D eigenvalue weighted by molar-refractivity contribution is 5.96. The predicted octanol–water partition coefficient (Wildman–Crippen LogP) is 0.0630. The summed E-state index contributed by atoms with van der Waals surface area (Å²) >= 11 is 0. The van der Waals surface area contributed by atoms with Crippen molar-refractivity contribution in [1.82, 2.24) is 16.0 Å². The molecule has 0 spiro atoms.